The number of thiazole rings is 1. The van der Waals surface area contributed by atoms with Crippen molar-refractivity contribution in [3.05, 3.63) is 20.7 Å². The highest BCUT2D eigenvalue weighted by Crippen LogP contribution is 2.05. The predicted molar refractivity (Wildman–Crippen MR) is 77.0 cm³/mol. The van der Waals surface area contributed by atoms with Crippen LogP contribution >= 0.6 is 11.3 Å². The van der Waals surface area contributed by atoms with Crippen molar-refractivity contribution >= 4 is 23.2 Å². The Morgan fingerprint density at radius 2 is 2.10 bits per heavy atom. The van der Waals surface area contributed by atoms with Crippen molar-refractivity contribution in [2.75, 3.05) is 0 Å². The van der Waals surface area contributed by atoms with E-state index in [-0.39, 0.29) is 17.2 Å². The fraction of sp³-hybridized carbons (Fsp3) is 0.615. The molecule has 2 atom stereocenters. The van der Waals surface area contributed by atoms with Crippen LogP contribution in [0.1, 0.15) is 32.4 Å². The van der Waals surface area contributed by atoms with E-state index < -0.39 is 17.9 Å². The second-order valence-corrected chi connectivity index (χ2v) is 5.70. The minimum Gasteiger partial charge on any atom is -0.481 e. The third-order valence-electron chi connectivity index (χ3n) is 3.29. The van der Waals surface area contributed by atoms with Crippen molar-refractivity contribution in [3.8, 4) is 0 Å². The van der Waals surface area contributed by atoms with Gasteiger partial charge in [0.15, 0.2) is 0 Å². The van der Waals surface area contributed by atoms with Gasteiger partial charge in [-0.3, -0.25) is 14.4 Å². The first-order chi connectivity index (χ1) is 9.32. The van der Waals surface area contributed by atoms with E-state index in [1.807, 2.05) is 6.92 Å². The molecule has 1 heterocycles. The first-order valence-corrected chi connectivity index (χ1v) is 7.38. The van der Waals surface area contributed by atoms with E-state index in [1.165, 1.54) is 0 Å². The highest BCUT2D eigenvalue weighted by Gasteiger charge is 2.20. The van der Waals surface area contributed by atoms with Crippen molar-refractivity contribution in [1.29, 1.82) is 0 Å². The molecule has 0 saturated heterocycles. The van der Waals surface area contributed by atoms with E-state index in [0.717, 1.165) is 17.0 Å². The Morgan fingerprint density at radius 1 is 1.45 bits per heavy atom. The lowest BCUT2D eigenvalue weighted by Crippen LogP contribution is -2.40. The van der Waals surface area contributed by atoms with E-state index in [2.05, 4.69) is 5.32 Å². The van der Waals surface area contributed by atoms with Gasteiger partial charge < -0.3 is 15.0 Å². The molecule has 112 valence electrons. The molecule has 20 heavy (non-hydrogen) atoms. The van der Waals surface area contributed by atoms with E-state index in [0.29, 0.717) is 13.0 Å². The quantitative estimate of drug-likeness (QED) is 0.792. The number of aryl methyl sites for hydroxylation is 1. The zero-order chi connectivity index (χ0) is 15.3. The van der Waals surface area contributed by atoms with Crippen LogP contribution in [0.4, 0.5) is 0 Å². The number of nitrogens with zero attached hydrogens (tertiary/aromatic N) is 1. The van der Waals surface area contributed by atoms with Crippen molar-refractivity contribution in [2.24, 2.45) is 5.92 Å². The molecule has 1 rings (SSSR count). The highest BCUT2D eigenvalue weighted by molar-refractivity contribution is 7.07. The van der Waals surface area contributed by atoms with Crippen molar-refractivity contribution in [1.82, 2.24) is 9.88 Å². The first kappa shape index (κ1) is 16.4. The molecular formula is C13H20N2O4S. The van der Waals surface area contributed by atoms with Gasteiger partial charge in [-0.25, -0.2) is 0 Å². The van der Waals surface area contributed by atoms with Crippen LogP contribution in [0.2, 0.25) is 0 Å². The second-order valence-electron chi connectivity index (χ2n) is 4.88. The van der Waals surface area contributed by atoms with Gasteiger partial charge in [-0.1, -0.05) is 11.3 Å². The lowest BCUT2D eigenvalue weighted by molar-refractivity contribution is -0.142. The zero-order valence-corrected chi connectivity index (χ0v) is 12.7. The predicted octanol–water partition coefficient (Wildman–Crippen LogP) is 1.22. The topological polar surface area (TPSA) is 88.4 Å². The Bertz CT molecular complexity index is 535. The van der Waals surface area contributed by atoms with E-state index in [9.17, 15) is 14.4 Å². The Labute approximate surface area is 121 Å². The molecular weight excluding hydrogens is 280 g/mol. The number of aromatic nitrogens is 1. The summed E-state index contributed by atoms with van der Waals surface area (Å²) >= 11 is 1.15. The highest BCUT2D eigenvalue weighted by atomic mass is 32.1. The molecule has 0 aliphatic carbocycles. The van der Waals surface area contributed by atoms with Gasteiger partial charge in [0.2, 0.25) is 5.91 Å². The molecule has 0 aliphatic rings. The standard InChI is InChI=1S/C13H20N2O4S/c1-8-7-20-13(19)15(8)6-4-5-11(16)14-10(3)9(2)12(17)18/h7,9-10H,4-6H2,1-3H3,(H,14,16)(H,17,18). The summed E-state index contributed by atoms with van der Waals surface area (Å²) < 4.78 is 1.64. The minimum absolute atomic E-state index is 0.0178. The number of rotatable bonds is 7. The van der Waals surface area contributed by atoms with Crippen LogP contribution in [-0.2, 0) is 16.1 Å². The summed E-state index contributed by atoms with van der Waals surface area (Å²) in [6, 6.07) is -0.411. The summed E-state index contributed by atoms with van der Waals surface area (Å²) in [6.45, 7) is 5.59. The normalized spacial score (nSPS) is 13.8. The first-order valence-electron chi connectivity index (χ1n) is 6.50. The average molecular weight is 300 g/mol. The Kier molecular flexibility index (Phi) is 5.94. The summed E-state index contributed by atoms with van der Waals surface area (Å²) in [4.78, 5) is 33.9. The van der Waals surface area contributed by atoms with Gasteiger partial charge in [-0.05, 0) is 27.2 Å². The van der Waals surface area contributed by atoms with Crippen LogP contribution < -0.4 is 10.2 Å². The number of carboxylic acids is 1. The maximum absolute atomic E-state index is 11.7. The van der Waals surface area contributed by atoms with E-state index >= 15 is 0 Å². The number of nitrogens with one attached hydrogen (secondary N) is 1. The molecule has 0 fully saturated rings. The fourth-order valence-electron chi connectivity index (χ4n) is 1.74. The van der Waals surface area contributed by atoms with Crippen LogP contribution in [-0.4, -0.2) is 27.6 Å². The SMILES string of the molecule is Cc1csc(=O)n1CCCC(=O)NC(C)C(C)C(=O)O. The number of carboxylic acid groups (broad SMARTS) is 1. The zero-order valence-electron chi connectivity index (χ0n) is 11.9. The Balaban J connectivity index is 2.37. The molecule has 0 bridgehead atoms. The van der Waals surface area contributed by atoms with Gasteiger partial charge in [0, 0.05) is 30.1 Å². The van der Waals surface area contributed by atoms with Crippen LogP contribution in [0.15, 0.2) is 10.2 Å². The molecule has 2 N–H and O–H groups in total. The Morgan fingerprint density at radius 3 is 2.60 bits per heavy atom. The molecule has 7 heteroatoms. The molecule has 0 aromatic carbocycles. The van der Waals surface area contributed by atoms with Gasteiger partial charge in [-0.15, -0.1) is 0 Å². The molecule has 6 nitrogen and oxygen atoms in total. The second kappa shape index (κ2) is 7.23. The largest absolute Gasteiger partial charge is 0.481 e. The number of amides is 1. The monoisotopic (exact) mass is 300 g/mol. The summed E-state index contributed by atoms with van der Waals surface area (Å²) in [5, 5.41) is 13.3. The molecule has 2 unspecified atom stereocenters. The molecule has 0 spiro atoms. The summed E-state index contributed by atoms with van der Waals surface area (Å²) in [7, 11) is 0. The Hall–Kier alpha value is -1.63. The molecule has 1 aromatic heterocycles. The number of hydrogen-bond acceptors (Lipinski definition) is 4. The van der Waals surface area contributed by atoms with Crippen LogP contribution in [0, 0.1) is 12.8 Å². The molecule has 1 amide bonds. The summed E-state index contributed by atoms with van der Waals surface area (Å²) in [5.41, 5.74) is 0.897. The van der Waals surface area contributed by atoms with Crippen LogP contribution in [0.3, 0.4) is 0 Å². The maximum Gasteiger partial charge on any atom is 0.308 e. The van der Waals surface area contributed by atoms with Gasteiger partial charge >= 0.3 is 10.8 Å². The van der Waals surface area contributed by atoms with Crippen LogP contribution in [0.25, 0.3) is 0 Å². The smallest absolute Gasteiger partial charge is 0.308 e. The molecule has 0 radical (unpaired) electrons. The lowest BCUT2D eigenvalue weighted by Gasteiger charge is -2.17. The minimum atomic E-state index is -0.932. The third-order valence-corrected chi connectivity index (χ3v) is 4.17. The lowest BCUT2D eigenvalue weighted by atomic mass is 10.0. The van der Waals surface area contributed by atoms with Crippen molar-refractivity contribution < 1.29 is 14.7 Å². The molecule has 0 saturated carbocycles. The van der Waals surface area contributed by atoms with E-state index in [4.69, 9.17) is 5.11 Å². The van der Waals surface area contributed by atoms with Gasteiger partial charge in [0.05, 0.1) is 5.92 Å². The van der Waals surface area contributed by atoms with Crippen molar-refractivity contribution in [3.63, 3.8) is 0 Å². The number of carbonyl (C=O) groups is 2. The number of hydrogen-bond donors (Lipinski definition) is 2. The molecule has 0 aliphatic heterocycles. The average Bonchev–Trinajstić information content (AvgIpc) is 2.69. The van der Waals surface area contributed by atoms with Gasteiger partial charge in [-0.2, -0.15) is 0 Å². The summed E-state index contributed by atoms with van der Waals surface area (Å²) in [6.07, 6.45) is 0.829. The fourth-order valence-corrected chi connectivity index (χ4v) is 2.50. The number of aliphatic carboxylic acids is 1. The van der Waals surface area contributed by atoms with Crippen molar-refractivity contribution in [2.45, 2.75) is 46.2 Å². The maximum atomic E-state index is 11.7. The van der Waals surface area contributed by atoms with E-state index in [1.54, 1.807) is 23.8 Å². The molecule has 1 aromatic rings. The van der Waals surface area contributed by atoms with Gasteiger partial charge in [0.1, 0.15) is 0 Å². The van der Waals surface area contributed by atoms with Crippen LogP contribution in [0.5, 0.6) is 0 Å². The summed E-state index contributed by atoms with van der Waals surface area (Å²) in [5.74, 6) is -1.74. The third kappa shape index (κ3) is 4.48. The number of carbonyl (C=O) groups excluding carboxylic acids is 1. The van der Waals surface area contributed by atoms with Gasteiger partial charge in [0.25, 0.3) is 0 Å².